The first kappa shape index (κ1) is 11.1. The van der Waals surface area contributed by atoms with Crippen LogP contribution in [0.4, 0.5) is 0 Å². The summed E-state index contributed by atoms with van der Waals surface area (Å²) in [4.78, 5) is 12.4. The van der Waals surface area contributed by atoms with Crippen molar-refractivity contribution in [2.45, 2.75) is 0 Å². The molecule has 0 spiro atoms. The summed E-state index contributed by atoms with van der Waals surface area (Å²) in [5, 5.41) is 1.04. The van der Waals surface area contributed by atoms with Gasteiger partial charge in [0.15, 0.2) is 11.0 Å². The Morgan fingerprint density at radius 2 is 1.78 bits per heavy atom. The third-order valence-corrected chi connectivity index (χ3v) is 3.00. The molecule has 18 heavy (non-hydrogen) atoms. The zero-order valence-electron chi connectivity index (χ0n) is 9.39. The Labute approximate surface area is 109 Å². The summed E-state index contributed by atoms with van der Waals surface area (Å²) < 4.78 is 5.31. The van der Waals surface area contributed by atoms with E-state index in [1.807, 2.05) is 18.2 Å². The predicted octanol–water partition coefficient (Wildman–Crippen LogP) is 4.32. The van der Waals surface area contributed by atoms with Gasteiger partial charge in [0.1, 0.15) is 5.58 Å². The minimum atomic E-state index is -0.0290. The summed E-state index contributed by atoms with van der Waals surface area (Å²) in [5.41, 5.74) is 1.89. The first-order chi connectivity index (χ1) is 8.75. The van der Waals surface area contributed by atoms with Crippen molar-refractivity contribution in [2.75, 3.05) is 0 Å². The Morgan fingerprint density at radius 1 is 1.00 bits per heavy atom. The van der Waals surface area contributed by atoms with Crippen LogP contribution in [0.25, 0.3) is 11.0 Å². The number of hydrogen-bond acceptors (Lipinski definition) is 2. The molecule has 1 heterocycles. The fourth-order valence-electron chi connectivity index (χ4n) is 1.97. The van der Waals surface area contributed by atoms with E-state index in [0.29, 0.717) is 21.9 Å². The number of benzene rings is 2. The van der Waals surface area contributed by atoms with Crippen molar-refractivity contribution in [1.82, 2.24) is 0 Å². The number of fused-ring (bicyclic) bond motifs is 1. The molecule has 88 valence electrons. The number of carbonyl (C=O) groups is 1. The third-order valence-electron chi connectivity index (χ3n) is 2.81. The minimum Gasteiger partial charge on any atom is -0.445 e. The number of halogens is 1. The van der Waals surface area contributed by atoms with Crippen LogP contribution in [0.1, 0.15) is 15.9 Å². The predicted molar refractivity (Wildman–Crippen MR) is 71.1 cm³/mol. The smallest absolute Gasteiger partial charge is 0.194 e. The first-order valence-corrected chi connectivity index (χ1v) is 5.91. The average Bonchev–Trinajstić information content (AvgIpc) is 2.79. The van der Waals surface area contributed by atoms with Gasteiger partial charge in [-0.1, -0.05) is 42.5 Å². The molecule has 0 saturated heterocycles. The second-order valence-electron chi connectivity index (χ2n) is 3.96. The molecule has 2 nitrogen and oxygen atoms in total. The molecule has 0 saturated carbocycles. The summed E-state index contributed by atoms with van der Waals surface area (Å²) in [5.74, 6) is -0.0290. The molecule has 3 rings (SSSR count). The molecular weight excluding hydrogens is 248 g/mol. The first-order valence-electron chi connectivity index (χ1n) is 5.53. The molecular formula is C15H9ClO2. The Morgan fingerprint density at radius 3 is 2.56 bits per heavy atom. The molecule has 0 unspecified atom stereocenters. The maximum Gasteiger partial charge on any atom is 0.194 e. The summed E-state index contributed by atoms with van der Waals surface area (Å²) in [6, 6.07) is 16.2. The topological polar surface area (TPSA) is 30.2 Å². The number of furan rings is 1. The summed E-state index contributed by atoms with van der Waals surface area (Å²) >= 11 is 5.83. The summed E-state index contributed by atoms with van der Waals surface area (Å²) in [7, 11) is 0. The SMILES string of the molecule is O=C(c1ccccc1)c1cccc2oc(Cl)cc12. The maximum atomic E-state index is 12.4. The second kappa shape index (κ2) is 4.31. The van der Waals surface area contributed by atoms with E-state index in [4.69, 9.17) is 16.0 Å². The van der Waals surface area contributed by atoms with Gasteiger partial charge in [-0.3, -0.25) is 4.79 Å². The van der Waals surface area contributed by atoms with Crippen molar-refractivity contribution in [3.05, 3.63) is 70.9 Å². The fourth-order valence-corrected chi connectivity index (χ4v) is 2.17. The molecule has 0 aliphatic carbocycles. The van der Waals surface area contributed by atoms with E-state index < -0.39 is 0 Å². The van der Waals surface area contributed by atoms with Crippen LogP contribution in [-0.4, -0.2) is 5.78 Å². The van der Waals surface area contributed by atoms with Gasteiger partial charge in [-0.05, 0) is 17.7 Å². The second-order valence-corrected chi connectivity index (χ2v) is 4.34. The Hall–Kier alpha value is -2.06. The monoisotopic (exact) mass is 256 g/mol. The Balaban J connectivity index is 2.18. The van der Waals surface area contributed by atoms with E-state index in [-0.39, 0.29) is 5.78 Å². The third kappa shape index (κ3) is 1.81. The van der Waals surface area contributed by atoms with Gasteiger partial charge in [0.2, 0.25) is 0 Å². The van der Waals surface area contributed by atoms with Gasteiger partial charge in [0.25, 0.3) is 0 Å². The van der Waals surface area contributed by atoms with Crippen LogP contribution in [0.15, 0.2) is 59.0 Å². The maximum absolute atomic E-state index is 12.4. The van der Waals surface area contributed by atoms with Crippen LogP contribution >= 0.6 is 11.6 Å². The zero-order chi connectivity index (χ0) is 12.5. The van der Waals surface area contributed by atoms with Crippen LogP contribution < -0.4 is 0 Å². The lowest BCUT2D eigenvalue weighted by Gasteiger charge is -2.01. The van der Waals surface area contributed by atoms with Crippen molar-refractivity contribution in [2.24, 2.45) is 0 Å². The van der Waals surface area contributed by atoms with Gasteiger partial charge in [-0.15, -0.1) is 0 Å². The van der Waals surface area contributed by atoms with Crippen LogP contribution in [-0.2, 0) is 0 Å². The standard InChI is InChI=1S/C15H9ClO2/c16-14-9-12-11(7-4-8-13(12)18-14)15(17)10-5-2-1-3-6-10/h1-9H. The van der Waals surface area contributed by atoms with E-state index in [1.165, 1.54) is 0 Å². The quantitative estimate of drug-likeness (QED) is 0.639. The molecule has 2 aromatic carbocycles. The number of rotatable bonds is 2. The highest BCUT2D eigenvalue weighted by Gasteiger charge is 2.14. The van der Waals surface area contributed by atoms with Crippen LogP contribution in [0.3, 0.4) is 0 Å². The molecule has 0 amide bonds. The van der Waals surface area contributed by atoms with E-state index in [2.05, 4.69) is 0 Å². The summed E-state index contributed by atoms with van der Waals surface area (Å²) in [6.45, 7) is 0. The Bertz CT molecular complexity index is 714. The molecule has 0 radical (unpaired) electrons. The van der Waals surface area contributed by atoms with Gasteiger partial charge in [0, 0.05) is 22.6 Å². The van der Waals surface area contributed by atoms with E-state index in [9.17, 15) is 4.79 Å². The normalized spacial score (nSPS) is 10.7. The summed E-state index contributed by atoms with van der Waals surface area (Å²) in [6.07, 6.45) is 0. The molecule has 0 N–H and O–H groups in total. The lowest BCUT2D eigenvalue weighted by atomic mass is 10.0. The van der Waals surface area contributed by atoms with Crippen molar-refractivity contribution in [3.63, 3.8) is 0 Å². The molecule has 1 aromatic heterocycles. The van der Waals surface area contributed by atoms with Gasteiger partial charge in [-0.25, -0.2) is 0 Å². The van der Waals surface area contributed by atoms with Gasteiger partial charge in [-0.2, -0.15) is 0 Å². The van der Waals surface area contributed by atoms with Gasteiger partial charge >= 0.3 is 0 Å². The molecule has 0 atom stereocenters. The molecule has 0 bridgehead atoms. The largest absolute Gasteiger partial charge is 0.445 e. The molecule has 3 aromatic rings. The number of carbonyl (C=O) groups excluding carboxylic acids is 1. The van der Waals surface area contributed by atoms with E-state index >= 15 is 0 Å². The lowest BCUT2D eigenvalue weighted by Crippen LogP contribution is -2.00. The van der Waals surface area contributed by atoms with Crippen molar-refractivity contribution in [3.8, 4) is 0 Å². The highest BCUT2D eigenvalue weighted by Crippen LogP contribution is 2.27. The van der Waals surface area contributed by atoms with Crippen molar-refractivity contribution in [1.29, 1.82) is 0 Å². The number of ketones is 1. The van der Waals surface area contributed by atoms with Crippen LogP contribution in [0, 0.1) is 0 Å². The highest BCUT2D eigenvalue weighted by atomic mass is 35.5. The highest BCUT2D eigenvalue weighted by molar-refractivity contribution is 6.30. The van der Waals surface area contributed by atoms with Crippen molar-refractivity contribution >= 4 is 28.4 Å². The van der Waals surface area contributed by atoms with Gasteiger partial charge in [0.05, 0.1) is 0 Å². The Kier molecular flexibility index (Phi) is 2.65. The van der Waals surface area contributed by atoms with Crippen LogP contribution in [0.2, 0.25) is 5.22 Å². The zero-order valence-corrected chi connectivity index (χ0v) is 10.1. The lowest BCUT2D eigenvalue weighted by molar-refractivity contribution is 0.104. The van der Waals surface area contributed by atoms with E-state index in [0.717, 1.165) is 5.39 Å². The number of hydrogen-bond donors (Lipinski definition) is 0. The van der Waals surface area contributed by atoms with Gasteiger partial charge < -0.3 is 4.42 Å². The molecule has 3 heteroatoms. The molecule has 0 aliphatic rings. The molecule has 0 aliphatic heterocycles. The van der Waals surface area contributed by atoms with E-state index in [1.54, 1.807) is 36.4 Å². The molecule has 0 fully saturated rings. The fraction of sp³-hybridized carbons (Fsp3) is 0. The van der Waals surface area contributed by atoms with Crippen molar-refractivity contribution < 1.29 is 9.21 Å². The van der Waals surface area contributed by atoms with Crippen LogP contribution in [0.5, 0.6) is 0 Å². The average molecular weight is 257 g/mol. The minimum absolute atomic E-state index is 0.0290.